The molecule has 0 fully saturated rings. The Morgan fingerprint density at radius 2 is 1.92 bits per heavy atom. The van der Waals surface area contributed by atoms with Crippen LogP contribution >= 0.6 is 0 Å². The highest BCUT2D eigenvalue weighted by Gasteiger charge is 2.01. The van der Waals surface area contributed by atoms with Gasteiger partial charge in [0.1, 0.15) is 0 Å². The summed E-state index contributed by atoms with van der Waals surface area (Å²) in [6.07, 6.45) is 9.12. The first-order chi connectivity index (χ1) is 11.8. The zero-order chi connectivity index (χ0) is 16.6. The van der Waals surface area contributed by atoms with Crippen LogP contribution in [0.25, 0.3) is 11.1 Å². The fourth-order valence-electron chi connectivity index (χ4n) is 2.35. The number of nitrogens with one attached hydrogen (secondary N) is 1. The van der Waals surface area contributed by atoms with E-state index in [2.05, 4.69) is 44.2 Å². The van der Waals surface area contributed by atoms with Gasteiger partial charge in [-0.25, -0.2) is 0 Å². The topological polar surface area (TPSA) is 50.7 Å². The Kier molecular flexibility index (Phi) is 5.28. The average Bonchev–Trinajstić information content (AvgIpc) is 2.64. The second kappa shape index (κ2) is 8.00. The molecule has 0 atom stereocenters. The van der Waals surface area contributed by atoms with E-state index in [0.717, 1.165) is 41.0 Å². The summed E-state index contributed by atoms with van der Waals surface area (Å²) in [6.45, 7) is 3.31. The summed E-state index contributed by atoms with van der Waals surface area (Å²) < 4.78 is 0. The Hall–Kier alpha value is -3.03. The predicted octanol–water partition coefficient (Wildman–Crippen LogP) is 3.20. The van der Waals surface area contributed by atoms with Crippen molar-refractivity contribution in [3.63, 3.8) is 0 Å². The molecular weight excluding hydrogens is 296 g/mol. The minimum absolute atomic E-state index is 0.717. The summed E-state index contributed by atoms with van der Waals surface area (Å²) in [5, 5.41) is 3.37. The average molecular weight is 314 g/mol. The molecule has 4 nitrogen and oxygen atoms in total. The van der Waals surface area contributed by atoms with E-state index in [0.29, 0.717) is 0 Å². The summed E-state index contributed by atoms with van der Waals surface area (Å²) in [5.74, 6) is 5.91. The van der Waals surface area contributed by atoms with Crippen molar-refractivity contribution in [1.29, 1.82) is 0 Å². The van der Waals surface area contributed by atoms with Crippen molar-refractivity contribution < 1.29 is 0 Å². The normalized spacial score (nSPS) is 10.0. The molecule has 3 aromatic heterocycles. The molecule has 1 N–H and O–H groups in total. The molecule has 3 rings (SSSR count). The number of pyridine rings is 3. The van der Waals surface area contributed by atoms with Crippen LogP contribution in [0.15, 0.2) is 61.3 Å². The number of nitrogens with zero attached hydrogens (tertiary/aromatic N) is 3. The van der Waals surface area contributed by atoms with Gasteiger partial charge in [-0.2, -0.15) is 0 Å². The molecule has 3 aromatic rings. The van der Waals surface area contributed by atoms with Gasteiger partial charge >= 0.3 is 0 Å². The first-order valence-electron chi connectivity index (χ1n) is 7.78. The molecular formula is C20H18N4. The minimum atomic E-state index is 0.717. The molecule has 118 valence electrons. The van der Waals surface area contributed by atoms with Crippen LogP contribution in [0.4, 0.5) is 0 Å². The summed E-state index contributed by atoms with van der Waals surface area (Å²) in [5.41, 5.74) is 5.14. The highest BCUT2D eigenvalue weighted by molar-refractivity contribution is 5.63. The minimum Gasteiger partial charge on any atom is -0.307 e. The van der Waals surface area contributed by atoms with Crippen molar-refractivity contribution >= 4 is 0 Å². The lowest BCUT2D eigenvalue weighted by atomic mass is 10.1. The molecule has 0 aliphatic carbocycles. The molecule has 0 saturated heterocycles. The van der Waals surface area contributed by atoms with Gasteiger partial charge in [0.2, 0.25) is 0 Å². The van der Waals surface area contributed by atoms with Crippen LogP contribution in [0.5, 0.6) is 0 Å². The number of rotatable bonds is 5. The summed E-state index contributed by atoms with van der Waals surface area (Å²) >= 11 is 0. The predicted molar refractivity (Wildman–Crippen MR) is 94.8 cm³/mol. The van der Waals surface area contributed by atoms with E-state index in [9.17, 15) is 0 Å². The maximum absolute atomic E-state index is 4.52. The van der Waals surface area contributed by atoms with Crippen LogP contribution in [0, 0.1) is 11.8 Å². The molecule has 0 aliphatic rings. The van der Waals surface area contributed by atoms with Crippen molar-refractivity contribution in [1.82, 2.24) is 20.3 Å². The SMILES string of the molecule is CC#Cc1cncc(-c2ccc(CNCc3cccnc3)nc2)c1. The molecule has 0 saturated carbocycles. The summed E-state index contributed by atoms with van der Waals surface area (Å²) in [6, 6.07) is 10.1. The number of aromatic nitrogens is 3. The second-order valence-electron chi connectivity index (χ2n) is 5.34. The van der Waals surface area contributed by atoms with Crippen molar-refractivity contribution in [2.45, 2.75) is 20.0 Å². The molecule has 0 aromatic carbocycles. The van der Waals surface area contributed by atoms with Gasteiger partial charge in [-0.1, -0.05) is 18.1 Å². The molecule has 0 aliphatic heterocycles. The third-order valence-electron chi connectivity index (χ3n) is 3.52. The Morgan fingerprint density at radius 1 is 0.958 bits per heavy atom. The molecule has 0 bridgehead atoms. The molecule has 0 radical (unpaired) electrons. The summed E-state index contributed by atoms with van der Waals surface area (Å²) in [4.78, 5) is 12.9. The largest absolute Gasteiger partial charge is 0.307 e. The van der Waals surface area contributed by atoms with Crippen LogP contribution in [0.3, 0.4) is 0 Å². The highest BCUT2D eigenvalue weighted by atomic mass is 14.9. The third-order valence-corrected chi connectivity index (χ3v) is 3.52. The fraction of sp³-hybridized carbons (Fsp3) is 0.150. The first-order valence-corrected chi connectivity index (χ1v) is 7.78. The van der Waals surface area contributed by atoms with Crippen LogP contribution in [-0.4, -0.2) is 15.0 Å². The van der Waals surface area contributed by atoms with E-state index in [4.69, 9.17) is 0 Å². The van der Waals surface area contributed by atoms with Gasteiger partial charge in [-0.15, -0.1) is 5.92 Å². The van der Waals surface area contributed by atoms with Gasteiger partial charge in [0.05, 0.1) is 5.69 Å². The maximum Gasteiger partial charge on any atom is 0.0542 e. The van der Waals surface area contributed by atoms with E-state index >= 15 is 0 Å². The van der Waals surface area contributed by atoms with Crippen LogP contribution < -0.4 is 5.32 Å². The van der Waals surface area contributed by atoms with Gasteiger partial charge in [-0.3, -0.25) is 15.0 Å². The zero-order valence-corrected chi connectivity index (χ0v) is 13.5. The molecule has 24 heavy (non-hydrogen) atoms. The molecule has 4 heteroatoms. The van der Waals surface area contributed by atoms with Crippen LogP contribution in [-0.2, 0) is 13.1 Å². The molecule has 0 unspecified atom stereocenters. The fourth-order valence-corrected chi connectivity index (χ4v) is 2.35. The van der Waals surface area contributed by atoms with E-state index in [1.54, 1.807) is 12.4 Å². The van der Waals surface area contributed by atoms with Crippen molar-refractivity contribution in [3.8, 4) is 23.0 Å². The van der Waals surface area contributed by atoms with Gasteiger partial charge < -0.3 is 5.32 Å². The smallest absolute Gasteiger partial charge is 0.0542 e. The summed E-state index contributed by atoms with van der Waals surface area (Å²) in [7, 11) is 0. The van der Waals surface area contributed by atoms with Crippen molar-refractivity contribution in [2.24, 2.45) is 0 Å². The van der Waals surface area contributed by atoms with Crippen molar-refractivity contribution in [2.75, 3.05) is 0 Å². The Balaban J connectivity index is 1.62. The van der Waals surface area contributed by atoms with Gasteiger partial charge in [0.25, 0.3) is 0 Å². The Labute approximate surface area is 142 Å². The Bertz CT molecular complexity index is 846. The molecule has 0 amide bonds. The van der Waals surface area contributed by atoms with E-state index < -0.39 is 0 Å². The van der Waals surface area contributed by atoms with E-state index in [1.807, 2.05) is 43.7 Å². The van der Waals surface area contributed by atoms with Gasteiger partial charge in [0.15, 0.2) is 0 Å². The lowest BCUT2D eigenvalue weighted by Gasteiger charge is -2.06. The van der Waals surface area contributed by atoms with E-state index in [-0.39, 0.29) is 0 Å². The Morgan fingerprint density at radius 3 is 2.67 bits per heavy atom. The quantitative estimate of drug-likeness (QED) is 0.735. The van der Waals surface area contributed by atoms with Gasteiger partial charge in [-0.05, 0) is 30.7 Å². The standard InChI is InChI=1S/C20H18N4/c1-2-4-16-9-19(13-22-10-16)18-6-7-20(24-14-18)15-23-12-17-5-3-8-21-11-17/h3,5-11,13-14,23H,12,15H2,1H3. The molecule has 3 heterocycles. The van der Waals surface area contributed by atoms with Crippen LogP contribution in [0.1, 0.15) is 23.7 Å². The third kappa shape index (κ3) is 4.25. The maximum atomic E-state index is 4.52. The lowest BCUT2D eigenvalue weighted by Crippen LogP contribution is -2.13. The zero-order valence-electron chi connectivity index (χ0n) is 13.5. The highest BCUT2D eigenvalue weighted by Crippen LogP contribution is 2.18. The lowest BCUT2D eigenvalue weighted by molar-refractivity contribution is 0.678. The van der Waals surface area contributed by atoms with Crippen molar-refractivity contribution in [3.05, 3.63) is 78.1 Å². The first kappa shape index (κ1) is 15.9. The van der Waals surface area contributed by atoms with E-state index in [1.165, 1.54) is 0 Å². The monoisotopic (exact) mass is 314 g/mol. The second-order valence-corrected chi connectivity index (χ2v) is 5.34. The van der Waals surface area contributed by atoms with Gasteiger partial charge in [0, 0.05) is 60.8 Å². The number of hydrogen-bond acceptors (Lipinski definition) is 4. The van der Waals surface area contributed by atoms with Crippen LogP contribution in [0.2, 0.25) is 0 Å². The molecule has 0 spiro atoms. The number of hydrogen-bond donors (Lipinski definition) is 1.